The van der Waals surface area contributed by atoms with Crippen LogP contribution in [0.4, 0.5) is 11.8 Å². The SMILES string of the molecule is CC(C)[C@@H]1OCCC[C@H]1Nc1ccnc(N[C@@H](C)c2nnc3ccccn23)n1. The van der Waals surface area contributed by atoms with Gasteiger partial charge in [0.05, 0.1) is 18.2 Å². The highest BCUT2D eigenvalue weighted by molar-refractivity contribution is 5.42. The number of nitrogens with zero attached hydrogens (tertiary/aromatic N) is 5. The van der Waals surface area contributed by atoms with Crippen molar-refractivity contribution >= 4 is 17.4 Å². The maximum absolute atomic E-state index is 5.97. The molecule has 28 heavy (non-hydrogen) atoms. The van der Waals surface area contributed by atoms with Crippen LogP contribution in [-0.4, -0.2) is 43.3 Å². The second kappa shape index (κ2) is 8.10. The van der Waals surface area contributed by atoms with Gasteiger partial charge in [-0.2, -0.15) is 4.98 Å². The minimum atomic E-state index is -0.0888. The monoisotopic (exact) mass is 381 g/mol. The molecule has 1 saturated heterocycles. The van der Waals surface area contributed by atoms with E-state index in [4.69, 9.17) is 4.74 Å². The molecule has 1 aliphatic heterocycles. The largest absolute Gasteiger partial charge is 0.376 e. The summed E-state index contributed by atoms with van der Waals surface area (Å²) in [5, 5.41) is 15.4. The van der Waals surface area contributed by atoms with Crippen molar-refractivity contribution in [3.05, 3.63) is 42.5 Å². The topological polar surface area (TPSA) is 89.3 Å². The van der Waals surface area contributed by atoms with Crippen LogP contribution in [0, 0.1) is 5.92 Å². The molecule has 0 amide bonds. The standard InChI is InChI=1S/C20H27N7O/c1-13(2)18-15(7-6-12-28-18)23-16-9-10-21-20(24-16)22-14(3)19-26-25-17-8-4-5-11-27(17)19/h4-5,8-11,13-15,18H,6-7,12H2,1-3H3,(H2,21,22,23,24)/t14-,15+,18-/m0/s1. The molecule has 0 radical (unpaired) electrons. The van der Waals surface area contributed by atoms with Crippen molar-refractivity contribution in [2.24, 2.45) is 5.92 Å². The van der Waals surface area contributed by atoms with Gasteiger partial charge in [0.2, 0.25) is 5.95 Å². The summed E-state index contributed by atoms with van der Waals surface area (Å²) < 4.78 is 7.93. The van der Waals surface area contributed by atoms with E-state index >= 15 is 0 Å². The number of ether oxygens (including phenoxy) is 1. The van der Waals surface area contributed by atoms with Gasteiger partial charge in [-0.15, -0.1) is 10.2 Å². The first-order valence-electron chi connectivity index (χ1n) is 9.89. The van der Waals surface area contributed by atoms with Gasteiger partial charge in [0, 0.05) is 19.0 Å². The molecule has 8 nitrogen and oxygen atoms in total. The van der Waals surface area contributed by atoms with E-state index in [1.165, 1.54) is 0 Å². The first kappa shape index (κ1) is 18.6. The van der Waals surface area contributed by atoms with Crippen LogP contribution in [0.1, 0.15) is 45.5 Å². The Bertz CT molecular complexity index is 926. The van der Waals surface area contributed by atoms with Crippen molar-refractivity contribution in [2.45, 2.75) is 51.8 Å². The third-order valence-electron chi connectivity index (χ3n) is 5.09. The fourth-order valence-corrected chi connectivity index (χ4v) is 3.73. The molecule has 0 aromatic carbocycles. The predicted molar refractivity (Wildman–Crippen MR) is 108 cm³/mol. The number of rotatable bonds is 6. The molecule has 4 rings (SSSR count). The molecule has 3 aromatic rings. The summed E-state index contributed by atoms with van der Waals surface area (Å²) in [5.41, 5.74) is 0.819. The number of anilines is 2. The van der Waals surface area contributed by atoms with Crippen LogP contribution in [0.5, 0.6) is 0 Å². The number of pyridine rings is 1. The van der Waals surface area contributed by atoms with Gasteiger partial charge in [0.1, 0.15) is 5.82 Å². The summed E-state index contributed by atoms with van der Waals surface area (Å²) in [6.45, 7) is 7.25. The summed E-state index contributed by atoms with van der Waals surface area (Å²) in [7, 11) is 0. The van der Waals surface area contributed by atoms with Crippen molar-refractivity contribution in [2.75, 3.05) is 17.2 Å². The van der Waals surface area contributed by atoms with Gasteiger partial charge in [-0.25, -0.2) is 4.98 Å². The zero-order chi connectivity index (χ0) is 19.5. The lowest BCUT2D eigenvalue weighted by atomic mass is 9.94. The van der Waals surface area contributed by atoms with E-state index in [9.17, 15) is 0 Å². The number of nitrogens with one attached hydrogen (secondary N) is 2. The van der Waals surface area contributed by atoms with Crippen LogP contribution in [0.15, 0.2) is 36.7 Å². The van der Waals surface area contributed by atoms with Crippen molar-refractivity contribution in [3.8, 4) is 0 Å². The van der Waals surface area contributed by atoms with Gasteiger partial charge in [-0.05, 0) is 43.9 Å². The fourth-order valence-electron chi connectivity index (χ4n) is 3.73. The first-order chi connectivity index (χ1) is 13.6. The fraction of sp³-hybridized carbons (Fsp3) is 0.500. The second-order valence-electron chi connectivity index (χ2n) is 7.59. The summed E-state index contributed by atoms with van der Waals surface area (Å²) in [6.07, 6.45) is 6.06. The molecular weight excluding hydrogens is 354 g/mol. The van der Waals surface area contributed by atoms with Crippen LogP contribution in [0.2, 0.25) is 0 Å². The molecule has 8 heteroatoms. The Hall–Kier alpha value is -2.74. The third-order valence-corrected chi connectivity index (χ3v) is 5.09. The van der Waals surface area contributed by atoms with Crippen molar-refractivity contribution in [1.29, 1.82) is 0 Å². The zero-order valence-electron chi connectivity index (χ0n) is 16.5. The molecule has 1 fully saturated rings. The van der Waals surface area contributed by atoms with Crippen LogP contribution in [-0.2, 0) is 4.74 Å². The van der Waals surface area contributed by atoms with E-state index in [0.717, 1.165) is 36.7 Å². The molecule has 4 heterocycles. The average Bonchev–Trinajstić information content (AvgIpc) is 3.13. The van der Waals surface area contributed by atoms with Gasteiger partial charge in [0.15, 0.2) is 11.5 Å². The van der Waals surface area contributed by atoms with E-state index in [0.29, 0.717) is 11.9 Å². The molecule has 1 aliphatic rings. The highest BCUT2D eigenvalue weighted by atomic mass is 16.5. The Morgan fingerprint density at radius 1 is 1.18 bits per heavy atom. The lowest BCUT2D eigenvalue weighted by molar-refractivity contribution is -0.0203. The molecular formula is C20H27N7O. The van der Waals surface area contributed by atoms with E-state index in [2.05, 4.69) is 44.6 Å². The molecule has 148 valence electrons. The molecule has 0 bridgehead atoms. The number of hydrogen-bond donors (Lipinski definition) is 2. The molecule has 0 saturated carbocycles. The van der Waals surface area contributed by atoms with Crippen molar-refractivity contribution < 1.29 is 4.74 Å². The second-order valence-corrected chi connectivity index (χ2v) is 7.59. The summed E-state index contributed by atoms with van der Waals surface area (Å²) in [6, 6.07) is 7.91. The van der Waals surface area contributed by atoms with Gasteiger partial charge in [-0.3, -0.25) is 4.40 Å². The Morgan fingerprint density at radius 3 is 2.93 bits per heavy atom. The predicted octanol–water partition coefficient (Wildman–Crippen LogP) is 3.31. The quantitative estimate of drug-likeness (QED) is 0.677. The molecule has 0 aliphatic carbocycles. The van der Waals surface area contributed by atoms with E-state index in [1.54, 1.807) is 6.20 Å². The van der Waals surface area contributed by atoms with E-state index < -0.39 is 0 Å². The molecule has 3 atom stereocenters. The van der Waals surface area contributed by atoms with Crippen LogP contribution in [0.3, 0.4) is 0 Å². The minimum absolute atomic E-state index is 0.0888. The summed E-state index contributed by atoms with van der Waals surface area (Å²) in [4.78, 5) is 9.01. The summed E-state index contributed by atoms with van der Waals surface area (Å²) >= 11 is 0. The Labute approximate surface area is 164 Å². The van der Waals surface area contributed by atoms with Gasteiger partial charge in [-0.1, -0.05) is 19.9 Å². The first-order valence-corrected chi connectivity index (χ1v) is 9.89. The lowest BCUT2D eigenvalue weighted by Gasteiger charge is -2.35. The maximum atomic E-state index is 5.97. The Balaban J connectivity index is 1.47. The van der Waals surface area contributed by atoms with Gasteiger partial charge >= 0.3 is 0 Å². The lowest BCUT2D eigenvalue weighted by Crippen LogP contribution is -2.43. The summed E-state index contributed by atoms with van der Waals surface area (Å²) in [5.74, 6) is 2.64. The maximum Gasteiger partial charge on any atom is 0.225 e. The normalized spacial score (nSPS) is 21.0. The number of hydrogen-bond acceptors (Lipinski definition) is 7. The van der Waals surface area contributed by atoms with Crippen LogP contribution in [0.25, 0.3) is 5.65 Å². The van der Waals surface area contributed by atoms with Crippen LogP contribution >= 0.6 is 0 Å². The minimum Gasteiger partial charge on any atom is -0.376 e. The molecule has 0 spiro atoms. The number of aromatic nitrogens is 5. The average molecular weight is 381 g/mol. The smallest absolute Gasteiger partial charge is 0.225 e. The third kappa shape index (κ3) is 3.91. The van der Waals surface area contributed by atoms with Crippen molar-refractivity contribution in [3.63, 3.8) is 0 Å². The molecule has 3 aromatic heterocycles. The molecule has 2 N–H and O–H groups in total. The highest BCUT2D eigenvalue weighted by Crippen LogP contribution is 2.24. The zero-order valence-corrected chi connectivity index (χ0v) is 16.5. The number of fused-ring (bicyclic) bond motifs is 1. The van der Waals surface area contributed by atoms with Gasteiger partial charge in [0.25, 0.3) is 0 Å². The van der Waals surface area contributed by atoms with E-state index in [1.807, 2.05) is 41.8 Å². The van der Waals surface area contributed by atoms with Gasteiger partial charge < -0.3 is 15.4 Å². The Morgan fingerprint density at radius 2 is 2.07 bits per heavy atom. The highest BCUT2D eigenvalue weighted by Gasteiger charge is 2.28. The molecule has 0 unspecified atom stereocenters. The Kier molecular flexibility index (Phi) is 5.38. The van der Waals surface area contributed by atoms with Crippen LogP contribution < -0.4 is 10.6 Å². The van der Waals surface area contributed by atoms with E-state index in [-0.39, 0.29) is 18.2 Å². The van der Waals surface area contributed by atoms with Crippen molar-refractivity contribution in [1.82, 2.24) is 24.6 Å².